The minimum Gasteiger partial charge on any atom is -0.467 e. The number of nitrogens with zero attached hydrogens (tertiary/aromatic N) is 3. The van der Waals surface area contributed by atoms with Crippen molar-refractivity contribution in [3.8, 4) is 0 Å². The lowest BCUT2D eigenvalue weighted by Crippen LogP contribution is -2.05. The number of hydrogen-bond acceptors (Lipinski definition) is 4. The van der Waals surface area contributed by atoms with Gasteiger partial charge in [-0.3, -0.25) is 4.57 Å². The Kier molecular flexibility index (Phi) is 3.73. The highest BCUT2D eigenvalue weighted by Gasteiger charge is 2.30. The minimum absolute atomic E-state index is 0.596. The van der Waals surface area contributed by atoms with Crippen molar-refractivity contribution in [2.75, 3.05) is 5.75 Å². The molecule has 0 bridgehead atoms. The third-order valence-corrected chi connectivity index (χ3v) is 4.05. The van der Waals surface area contributed by atoms with Crippen LogP contribution < -0.4 is 0 Å². The van der Waals surface area contributed by atoms with Crippen LogP contribution >= 0.6 is 11.8 Å². The van der Waals surface area contributed by atoms with Crippen LogP contribution in [0.3, 0.4) is 0 Å². The van der Waals surface area contributed by atoms with E-state index in [4.69, 9.17) is 4.42 Å². The van der Waals surface area contributed by atoms with Crippen molar-refractivity contribution in [3.05, 3.63) is 42.1 Å². The molecular weight excluding hydrogens is 258 g/mol. The molecule has 1 fully saturated rings. The molecule has 2 aromatic heterocycles. The molecule has 3 rings (SSSR count). The molecule has 0 amide bonds. The molecule has 0 atom stereocenters. The molecule has 1 aliphatic rings. The number of rotatable bonds is 6. The highest BCUT2D eigenvalue weighted by atomic mass is 32.2. The van der Waals surface area contributed by atoms with Gasteiger partial charge in [0.1, 0.15) is 11.6 Å². The quantitative estimate of drug-likeness (QED) is 0.598. The normalized spacial score (nSPS) is 15.4. The van der Waals surface area contributed by atoms with E-state index in [1.165, 1.54) is 12.8 Å². The van der Waals surface area contributed by atoms with E-state index < -0.39 is 0 Å². The fourth-order valence-electron chi connectivity index (χ4n) is 1.98. The van der Waals surface area contributed by atoms with Crippen molar-refractivity contribution in [3.63, 3.8) is 0 Å². The lowest BCUT2D eigenvalue weighted by molar-refractivity contribution is 0.478. The summed E-state index contributed by atoms with van der Waals surface area (Å²) in [4.78, 5) is 0. The van der Waals surface area contributed by atoms with Crippen molar-refractivity contribution in [2.45, 2.75) is 37.4 Å². The summed E-state index contributed by atoms with van der Waals surface area (Å²) in [6.45, 7) is 2.76. The fraction of sp³-hybridized carbons (Fsp3) is 0.429. The monoisotopic (exact) mass is 275 g/mol. The van der Waals surface area contributed by atoms with Gasteiger partial charge in [-0.1, -0.05) is 23.9 Å². The maximum absolute atomic E-state index is 5.44. The Morgan fingerprint density at radius 1 is 1.47 bits per heavy atom. The second kappa shape index (κ2) is 5.65. The van der Waals surface area contributed by atoms with Crippen molar-refractivity contribution < 1.29 is 4.42 Å². The maximum atomic E-state index is 5.44. The molecule has 0 N–H and O–H groups in total. The van der Waals surface area contributed by atoms with Crippen LogP contribution in [0.15, 0.2) is 40.1 Å². The summed E-state index contributed by atoms with van der Waals surface area (Å²) >= 11 is 1.72. The van der Waals surface area contributed by atoms with E-state index in [0.29, 0.717) is 5.92 Å². The zero-order valence-electron chi connectivity index (χ0n) is 11.0. The smallest absolute Gasteiger partial charge is 0.191 e. The van der Waals surface area contributed by atoms with Gasteiger partial charge in [0.25, 0.3) is 0 Å². The Hall–Kier alpha value is -1.49. The average Bonchev–Trinajstić information content (AvgIpc) is 2.98. The molecule has 0 aromatic carbocycles. The zero-order chi connectivity index (χ0) is 13.1. The molecule has 4 nitrogen and oxygen atoms in total. The van der Waals surface area contributed by atoms with Gasteiger partial charge in [-0.2, -0.15) is 0 Å². The van der Waals surface area contributed by atoms with E-state index in [1.54, 1.807) is 18.0 Å². The Morgan fingerprint density at radius 3 is 3.05 bits per heavy atom. The van der Waals surface area contributed by atoms with E-state index in [9.17, 15) is 0 Å². The molecule has 0 unspecified atom stereocenters. The van der Waals surface area contributed by atoms with E-state index in [1.807, 2.05) is 19.1 Å². The maximum Gasteiger partial charge on any atom is 0.191 e. The summed E-state index contributed by atoms with van der Waals surface area (Å²) < 4.78 is 7.64. The van der Waals surface area contributed by atoms with Crippen LogP contribution in [0.1, 0.15) is 37.3 Å². The first-order valence-electron chi connectivity index (χ1n) is 6.58. The molecule has 5 heteroatoms. The Morgan fingerprint density at radius 2 is 2.37 bits per heavy atom. The largest absolute Gasteiger partial charge is 0.467 e. The standard InChI is InChI=1S/C14H17N3OS/c1-2-3-9-19-14-16-15-13(11-6-7-11)17(14)10-12-5-4-8-18-12/h2-5,8,11H,6-7,9-10H2,1H3/b3-2+. The van der Waals surface area contributed by atoms with Gasteiger partial charge >= 0.3 is 0 Å². The average molecular weight is 275 g/mol. The third kappa shape index (κ3) is 2.92. The number of aromatic nitrogens is 3. The number of furan rings is 1. The van der Waals surface area contributed by atoms with E-state index in [0.717, 1.165) is 29.0 Å². The molecule has 2 aromatic rings. The lowest BCUT2D eigenvalue weighted by Gasteiger charge is -2.07. The van der Waals surface area contributed by atoms with Gasteiger partial charge in [0.2, 0.25) is 0 Å². The highest BCUT2D eigenvalue weighted by molar-refractivity contribution is 7.99. The van der Waals surface area contributed by atoms with E-state index in [-0.39, 0.29) is 0 Å². The van der Waals surface area contributed by atoms with Crippen LogP contribution in [0.2, 0.25) is 0 Å². The van der Waals surface area contributed by atoms with Gasteiger partial charge in [0.05, 0.1) is 12.8 Å². The molecule has 100 valence electrons. The van der Waals surface area contributed by atoms with Gasteiger partial charge in [0, 0.05) is 11.7 Å². The topological polar surface area (TPSA) is 43.9 Å². The summed E-state index contributed by atoms with van der Waals surface area (Å²) in [6.07, 6.45) is 8.37. The molecule has 1 aliphatic carbocycles. The number of thioether (sulfide) groups is 1. The first-order chi connectivity index (χ1) is 9.38. The predicted molar refractivity (Wildman–Crippen MR) is 75.3 cm³/mol. The predicted octanol–water partition coefficient (Wildman–Crippen LogP) is 3.47. The molecule has 0 aliphatic heterocycles. The Labute approximate surface area is 116 Å². The van der Waals surface area contributed by atoms with Crippen molar-refractivity contribution in [1.82, 2.24) is 14.8 Å². The first kappa shape index (κ1) is 12.5. The van der Waals surface area contributed by atoms with Crippen molar-refractivity contribution in [2.24, 2.45) is 0 Å². The lowest BCUT2D eigenvalue weighted by atomic mass is 10.3. The van der Waals surface area contributed by atoms with Crippen molar-refractivity contribution in [1.29, 1.82) is 0 Å². The van der Waals surface area contributed by atoms with Gasteiger partial charge in [-0.15, -0.1) is 10.2 Å². The van der Waals surface area contributed by atoms with Gasteiger partial charge in [-0.05, 0) is 31.9 Å². The second-order valence-electron chi connectivity index (χ2n) is 4.66. The molecule has 19 heavy (non-hydrogen) atoms. The molecule has 0 saturated heterocycles. The van der Waals surface area contributed by atoms with Crippen LogP contribution in [0.5, 0.6) is 0 Å². The first-order valence-corrected chi connectivity index (χ1v) is 7.56. The number of allylic oxidation sites excluding steroid dienone is 1. The van der Waals surface area contributed by atoms with Gasteiger partial charge in [0.15, 0.2) is 5.16 Å². The summed E-state index contributed by atoms with van der Waals surface area (Å²) in [6, 6.07) is 3.92. The van der Waals surface area contributed by atoms with Gasteiger partial charge < -0.3 is 4.42 Å². The zero-order valence-corrected chi connectivity index (χ0v) is 11.8. The summed E-state index contributed by atoms with van der Waals surface area (Å²) in [5, 5.41) is 9.68. The highest BCUT2D eigenvalue weighted by Crippen LogP contribution is 2.40. The summed E-state index contributed by atoms with van der Waals surface area (Å²) in [5.41, 5.74) is 0. The molecule has 0 radical (unpaired) electrons. The van der Waals surface area contributed by atoms with Crippen LogP contribution in [-0.2, 0) is 6.54 Å². The van der Waals surface area contributed by atoms with Crippen LogP contribution in [0.25, 0.3) is 0 Å². The molecule has 0 spiro atoms. The Balaban J connectivity index is 1.82. The number of hydrogen-bond donors (Lipinski definition) is 0. The van der Waals surface area contributed by atoms with E-state index >= 15 is 0 Å². The van der Waals surface area contributed by atoms with Crippen LogP contribution in [-0.4, -0.2) is 20.5 Å². The summed E-state index contributed by atoms with van der Waals surface area (Å²) in [7, 11) is 0. The van der Waals surface area contributed by atoms with Crippen LogP contribution in [0, 0.1) is 0 Å². The van der Waals surface area contributed by atoms with Crippen molar-refractivity contribution >= 4 is 11.8 Å². The summed E-state index contributed by atoms with van der Waals surface area (Å²) in [5.74, 6) is 3.59. The van der Waals surface area contributed by atoms with Gasteiger partial charge in [-0.25, -0.2) is 0 Å². The fourth-order valence-corrected chi connectivity index (χ4v) is 2.83. The third-order valence-electron chi connectivity index (χ3n) is 3.13. The minimum atomic E-state index is 0.596. The Bertz CT molecular complexity index is 555. The molecule has 1 saturated carbocycles. The molecular formula is C14H17N3OS. The second-order valence-corrected chi connectivity index (χ2v) is 5.65. The van der Waals surface area contributed by atoms with E-state index in [2.05, 4.69) is 26.9 Å². The SMILES string of the molecule is C/C=C/CSc1nnc(C2CC2)n1Cc1ccco1. The van der Waals surface area contributed by atoms with Crippen LogP contribution in [0.4, 0.5) is 0 Å². The molecule has 2 heterocycles.